The minimum absolute atomic E-state index is 0.0589. The second kappa shape index (κ2) is 8.80. The molecule has 0 aliphatic carbocycles. The maximum Gasteiger partial charge on any atom is 0.418 e. The summed E-state index contributed by atoms with van der Waals surface area (Å²) in [6.45, 7) is 2.36. The molecule has 0 unspecified atom stereocenters. The van der Waals surface area contributed by atoms with Crippen molar-refractivity contribution in [3.63, 3.8) is 0 Å². The number of anilines is 1. The van der Waals surface area contributed by atoms with Crippen LogP contribution in [0.2, 0.25) is 0 Å². The Labute approximate surface area is 148 Å². The van der Waals surface area contributed by atoms with E-state index >= 15 is 0 Å². The largest absolute Gasteiger partial charge is 0.492 e. The number of halogens is 3. The van der Waals surface area contributed by atoms with E-state index in [4.69, 9.17) is 4.74 Å². The molecule has 0 saturated heterocycles. The van der Waals surface area contributed by atoms with Crippen LogP contribution in [0.25, 0.3) is 0 Å². The molecule has 0 fully saturated rings. The lowest BCUT2D eigenvalue weighted by Crippen LogP contribution is -2.18. The Morgan fingerprint density at radius 2 is 1.80 bits per heavy atom. The van der Waals surface area contributed by atoms with Gasteiger partial charge in [0.05, 0.1) is 23.6 Å². The van der Waals surface area contributed by atoms with Crippen LogP contribution in [0, 0.1) is 6.92 Å². The average Bonchev–Trinajstić information content (AvgIpc) is 2.55. The van der Waals surface area contributed by atoms with Crippen molar-refractivity contribution in [2.24, 2.45) is 0 Å². The SMILES string of the molecule is Cc1ccccc1OCCSCC(=O)Nc1ccccc1C(F)(F)F. The fraction of sp³-hybridized carbons (Fsp3) is 0.278. The number of alkyl halides is 3. The topological polar surface area (TPSA) is 38.3 Å². The van der Waals surface area contributed by atoms with Crippen molar-refractivity contribution < 1.29 is 22.7 Å². The molecular weight excluding hydrogens is 351 g/mol. The van der Waals surface area contributed by atoms with Gasteiger partial charge in [0.1, 0.15) is 5.75 Å². The number of aryl methyl sites for hydroxylation is 1. The number of hydrogen-bond acceptors (Lipinski definition) is 3. The number of hydrogen-bond donors (Lipinski definition) is 1. The number of ether oxygens (including phenoxy) is 1. The lowest BCUT2D eigenvalue weighted by atomic mass is 10.1. The van der Waals surface area contributed by atoms with Gasteiger partial charge in [0.15, 0.2) is 0 Å². The van der Waals surface area contributed by atoms with E-state index in [1.54, 1.807) is 0 Å². The minimum Gasteiger partial charge on any atom is -0.492 e. The molecule has 2 aromatic carbocycles. The number of benzene rings is 2. The minimum atomic E-state index is -4.50. The van der Waals surface area contributed by atoms with E-state index in [1.165, 1.54) is 30.0 Å². The molecular formula is C18H18F3NO2S. The van der Waals surface area contributed by atoms with Crippen molar-refractivity contribution in [2.75, 3.05) is 23.4 Å². The Kier molecular flexibility index (Phi) is 6.75. The predicted octanol–water partition coefficient (Wildman–Crippen LogP) is 4.76. The third kappa shape index (κ3) is 6.01. The number of para-hydroxylation sites is 2. The van der Waals surface area contributed by atoms with Crippen LogP contribution >= 0.6 is 11.8 Å². The van der Waals surface area contributed by atoms with E-state index in [9.17, 15) is 18.0 Å². The summed E-state index contributed by atoms with van der Waals surface area (Å²) in [6.07, 6.45) is -4.50. The first-order valence-electron chi connectivity index (χ1n) is 7.60. The van der Waals surface area contributed by atoms with Crippen LogP contribution in [0.4, 0.5) is 18.9 Å². The third-order valence-corrected chi connectivity index (χ3v) is 4.24. The molecule has 0 aliphatic rings. The molecule has 0 radical (unpaired) electrons. The van der Waals surface area contributed by atoms with E-state index in [-0.39, 0.29) is 11.4 Å². The molecule has 0 aliphatic heterocycles. The molecule has 3 nitrogen and oxygen atoms in total. The summed E-state index contributed by atoms with van der Waals surface area (Å²) in [5.74, 6) is 0.927. The lowest BCUT2D eigenvalue weighted by molar-refractivity contribution is -0.137. The number of nitrogens with one attached hydrogen (secondary N) is 1. The molecule has 0 heterocycles. The van der Waals surface area contributed by atoms with Gasteiger partial charge in [0.2, 0.25) is 5.91 Å². The van der Waals surface area contributed by atoms with Crippen LogP contribution < -0.4 is 10.1 Å². The van der Waals surface area contributed by atoms with Crippen LogP contribution in [0.3, 0.4) is 0 Å². The van der Waals surface area contributed by atoms with Gasteiger partial charge in [0, 0.05) is 5.75 Å². The summed E-state index contributed by atoms with van der Waals surface area (Å²) >= 11 is 1.30. The van der Waals surface area contributed by atoms with Gasteiger partial charge in [-0.05, 0) is 30.7 Å². The Bertz CT molecular complexity index is 719. The normalized spacial score (nSPS) is 11.2. The molecule has 2 rings (SSSR count). The van der Waals surface area contributed by atoms with E-state index in [0.717, 1.165) is 17.4 Å². The molecule has 0 aromatic heterocycles. The average molecular weight is 369 g/mol. The number of thioether (sulfide) groups is 1. The third-order valence-electron chi connectivity index (χ3n) is 3.32. The van der Waals surface area contributed by atoms with Crippen LogP contribution in [0.5, 0.6) is 5.75 Å². The van der Waals surface area contributed by atoms with Crippen molar-refractivity contribution in [1.29, 1.82) is 0 Å². The van der Waals surface area contributed by atoms with Gasteiger partial charge in [-0.15, -0.1) is 11.8 Å². The maximum atomic E-state index is 12.9. The van der Waals surface area contributed by atoms with Crippen LogP contribution in [-0.2, 0) is 11.0 Å². The van der Waals surface area contributed by atoms with Crippen molar-refractivity contribution in [2.45, 2.75) is 13.1 Å². The molecule has 2 aromatic rings. The Morgan fingerprint density at radius 3 is 2.52 bits per heavy atom. The smallest absolute Gasteiger partial charge is 0.418 e. The van der Waals surface area contributed by atoms with Crippen molar-refractivity contribution in [3.8, 4) is 5.75 Å². The first kappa shape index (κ1) is 19.2. The molecule has 7 heteroatoms. The second-order valence-electron chi connectivity index (χ2n) is 5.26. The zero-order chi connectivity index (χ0) is 18.3. The molecule has 0 bridgehead atoms. The first-order valence-corrected chi connectivity index (χ1v) is 8.75. The molecule has 1 N–H and O–H groups in total. The van der Waals surface area contributed by atoms with Crippen LogP contribution in [0.15, 0.2) is 48.5 Å². The molecule has 0 atom stereocenters. The number of carbonyl (C=O) groups excluding carboxylic acids is 1. The second-order valence-corrected chi connectivity index (χ2v) is 6.36. The van der Waals surface area contributed by atoms with Gasteiger partial charge < -0.3 is 10.1 Å². The van der Waals surface area contributed by atoms with Crippen LogP contribution in [0.1, 0.15) is 11.1 Å². The van der Waals surface area contributed by atoms with E-state index in [1.807, 2.05) is 31.2 Å². The summed E-state index contributed by atoms with van der Waals surface area (Å²) in [7, 11) is 0. The first-order chi connectivity index (χ1) is 11.9. The number of carbonyl (C=O) groups is 1. The summed E-state index contributed by atoms with van der Waals surface area (Å²) in [6, 6.07) is 12.5. The maximum absolute atomic E-state index is 12.9. The molecule has 0 spiro atoms. The lowest BCUT2D eigenvalue weighted by Gasteiger charge is -2.13. The van der Waals surface area contributed by atoms with E-state index in [0.29, 0.717) is 12.4 Å². The van der Waals surface area contributed by atoms with Crippen molar-refractivity contribution in [1.82, 2.24) is 0 Å². The molecule has 25 heavy (non-hydrogen) atoms. The monoisotopic (exact) mass is 369 g/mol. The zero-order valence-corrected chi connectivity index (χ0v) is 14.4. The van der Waals surface area contributed by atoms with Gasteiger partial charge >= 0.3 is 6.18 Å². The Balaban J connectivity index is 1.76. The van der Waals surface area contributed by atoms with Gasteiger partial charge in [-0.1, -0.05) is 30.3 Å². The highest BCUT2D eigenvalue weighted by Gasteiger charge is 2.33. The van der Waals surface area contributed by atoms with Gasteiger partial charge in [0.25, 0.3) is 0 Å². The highest BCUT2D eigenvalue weighted by molar-refractivity contribution is 7.99. The summed E-state index contributed by atoms with van der Waals surface area (Å²) in [5, 5.41) is 2.31. The fourth-order valence-corrected chi connectivity index (χ4v) is 2.72. The summed E-state index contributed by atoms with van der Waals surface area (Å²) in [5.41, 5.74) is -0.0537. The van der Waals surface area contributed by atoms with Gasteiger partial charge in [-0.25, -0.2) is 0 Å². The summed E-state index contributed by atoms with van der Waals surface area (Å²) < 4.78 is 44.2. The summed E-state index contributed by atoms with van der Waals surface area (Å²) in [4.78, 5) is 11.8. The molecule has 0 saturated carbocycles. The fourth-order valence-electron chi connectivity index (χ4n) is 2.12. The van der Waals surface area contributed by atoms with Gasteiger partial charge in [-0.2, -0.15) is 13.2 Å². The zero-order valence-electron chi connectivity index (χ0n) is 13.6. The Hall–Kier alpha value is -2.15. The predicted molar refractivity (Wildman–Crippen MR) is 94.1 cm³/mol. The highest BCUT2D eigenvalue weighted by atomic mass is 32.2. The molecule has 1 amide bonds. The number of amides is 1. The number of rotatable bonds is 7. The van der Waals surface area contributed by atoms with E-state index in [2.05, 4.69) is 5.32 Å². The van der Waals surface area contributed by atoms with Gasteiger partial charge in [-0.3, -0.25) is 4.79 Å². The quantitative estimate of drug-likeness (QED) is 0.715. The van der Waals surface area contributed by atoms with E-state index < -0.39 is 17.6 Å². The molecule has 134 valence electrons. The van der Waals surface area contributed by atoms with Crippen molar-refractivity contribution in [3.05, 3.63) is 59.7 Å². The Morgan fingerprint density at radius 1 is 1.12 bits per heavy atom. The standard InChI is InChI=1S/C18H18F3NO2S/c1-13-6-2-5-9-16(13)24-10-11-25-12-17(23)22-15-8-4-3-7-14(15)18(19,20)21/h2-9H,10-12H2,1H3,(H,22,23). The highest BCUT2D eigenvalue weighted by Crippen LogP contribution is 2.34. The van der Waals surface area contributed by atoms with Crippen molar-refractivity contribution >= 4 is 23.4 Å². The van der Waals surface area contributed by atoms with Crippen LogP contribution in [-0.4, -0.2) is 24.0 Å².